The summed E-state index contributed by atoms with van der Waals surface area (Å²) in [7, 11) is 0. The molecule has 1 aliphatic heterocycles. The number of guanidine groups is 1. The van der Waals surface area contributed by atoms with Crippen LogP contribution in [0.5, 0.6) is 0 Å². The molecule has 0 amide bonds. The van der Waals surface area contributed by atoms with E-state index in [0.717, 1.165) is 6.42 Å². The Morgan fingerprint density at radius 2 is 2.27 bits per heavy atom. The van der Waals surface area contributed by atoms with Gasteiger partial charge in [0, 0.05) is 31.9 Å². The first-order valence-electron chi connectivity index (χ1n) is 8.90. The highest BCUT2D eigenvalue weighted by atomic mass is 19.1. The van der Waals surface area contributed by atoms with Gasteiger partial charge in [-0.2, -0.15) is 0 Å². The molecule has 0 aliphatic carbocycles. The van der Waals surface area contributed by atoms with Crippen LogP contribution < -0.4 is 15.5 Å². The van der Waals surface area contributed by atoms with Gasteiger partial charge in [-0.15, -0.1) is 0 Å². The molecule has 2 N–H and O–H groups in total. The topological polar surface area (TPSA) is 78.8 Å². The van der Waals surface area contributed by atoms with Crippen molar-refractivity contribution in [3.8, 4) is 0 Å². The van der Waals surface area contributed by atoms with E-state index in [0.29, 0.717) is 31.4 Å². The number of halogens is 1. The summed E-state index contributed by atoms with van der Waals surface area (Å²) in [6.45, 7) is 9.35. The minimum atomic E-state index is -0.531. The first-order chi connectivity index (χ1) is 12.3. The second-order valence-electron chi connectivity index (χ2n) is 7.17. The molecule has 26 heavy (non-hydrogen) atoms. The number of aliphatic imine (C=N–C) groups is 1. The fourth-order valence-electron chi connectivity index (χ4n) is 2.71. The molecule has 1 aromatic heterocycles. The van der Waals surface area contributed by atoms with Crippen molar-refractivity contribution in [2.24, 2.45) is 4.99 Å². The fraction of sp³-hybridized carbons (Fsp3) is 0.611. The number of carbonyl (C=O) groups excluding carboxylic acids is 1. The van der Waals surface area contributed by atoms with Crippen LogP contribution in [0.2, 0.25) is 0 Å². The number of nitrogens with one attached hydrogen (secondary N) is 2. The van der Waals surface area contributed by atoms with Crippen LogP contribution in [-0.4, -0.2) is 54.7 Å². The van der Waals surface area contributed by atoms with Crippen molar-refractivity contribution in [3.63, 3.8) is 0 Å². The van der Waals surface area contributed by atoms with Crippen molar-refractivity contribution in [2.75, 3.05) is 31.1 Å². The van der Waals surface area contributed by atoms with E-state index in [1.165, 1.54) is 6.07 Å². The van der Waals surface area contributed by atoms with Crippen LogP contribution in [0.15, 0.2) is 23.3 Å². The van der Waals surface area contributed by atoms with E-state index in [4.69, 9.17) is 4.74 Å². The Labute approximate surface area is 154 Å². The van der Waals surface area contributed by atoms with Crippen LogP contribution in [-0.2, 0) is 9.53 Å². The van der Waals surface area contributed by atoms with Crippen molar-refractivity contribution in [2.45, 2.75) is 45.8 Å². The monoisotopic (exact) mass is 365 g/mol. The summed E-state index contributed by atoms with van der Waals surface area (Å²) in [5, 5.41) is 6.41. The molecule has 1 aromatic rings. The molecule has 2 rings (SSSR count). The highest BCUT2D eigenvalue weighted by Gasteiger charge is 2.26. The Balaban J connectivity index is 1.92. The second-order valence-corrected chi connectivity index (χ2v) is 7.17. The molecule has 1 unspecified atom stereocenters. The number of nitrogens with zero attached hydrogens (tertiary/aromatic N) is 3. The minimum Gasteiger partial charge on any atom is -0.459 e. The standard InChI is InChI=1S/C18H28FN5O2/c1-5-20-17(22-11-15(25)26-18(2,3)4)23-13-8-10-24(12-13)16-14(19)7-6-9-21-16/h6-7,9,13H,5,8,10-12H2,1-4H3,(H2,20,22,23). The van der Waals surface area contributed by atoms with Crippen LogP contribution in [0.25, 0.3) is 0 Å². The third-order valence-electron chi connectivity index (χ3n) is 3.70. The number of ether oxygens (including phenoxy) is 1. The van der Waals surface area contributed by atoms with Gasteiger partial charge in [0.2, 0.25) is 0 Å². The number of hydrogen-bond acceptors (Lipinski definition) is 5. The largest absolute Gasteiger partial charge is 0.459 e. The summed E-state index contributed by atoms with van der Waals surface area (Å²) in [6, 6.07) is 3.08. The molecule has 1 atom stereocenters. The number of carbonyl (C=O) groups is 1. The van der Waals surface area contributed by atoms with Gasteiger partial charge in [0.1, 0.15) is 12.1 Å². The molecule has 144 valence electrons. The SMILES string of the molecule is CCNC(=NCC(=O)OC(C)(C)C)NC1CCN(c2ncccc2F)C1. The van der Waals surface area contributed by atoms with Gasteiger partial charge in [0.15, 0.2) is 17.6 Å². The highest BCUT2D eigenvalue weighted by molar-refractivity contribution is 5.83. The predicted octanol–water partition coefficient (Wildman–Crippen LogP) is 1.70. The van der Waals surface area contributed by atoms with E-state index in [1.54, 1.807) is 12.3 Å². The first kappa shape index (κ1) is 19.9. The van der Waals surface area contributed by atoms with Gasteiger partial charge in [-0.3, -0.25) is 4.79 Å². The summed E-state index contributed by atoms with van der Waals surface area (Å²) >= 11 is 0. The van der Waals surface area contributed by atoms with Crippen LogP contribution in [0, 0.1) is 5.82 Å². The third-order valence-corrected chi connectivity index (χ3v) is 3.70. The van der Waals surface area contributed by atoms with Gasteiger partial charge in [0.05, 0.1) is 0 Å². The Hall–Kier alpha value is -2.38. The van der Waals surface area contributed by atoms with Gasteiger partial charge in [-0.25, -0.2) is 14.4 Å². The molecule has 0 radical (unpaired) electrons. The molecule has 1 fully saturated rings. The molecule has 2 heterocycles. The average molecular weight is 365 g/mol. The maximum absolute atomic E-state index is 13.9. The molecule has 0 spiro atoms. The predicted molar refractivity (Wildman–Crippen MR) is 99.8 cm³/mol. The number of pyridine rings is 1. The average Bonchev–Trinajstić information content (AvgIpc) is 3.00. The summed E-state index contributed by atoms with van der Waals surface area (Å²) in [5.41, 5.74) is -0.531. The Bertz CT molecular complexity index is 645. The van der Waals surface area contributed by atoms with Crippen molar-refractivity contribution >= 4 is 17.7 Å². The van der Waals surface area contributed by atoms with Gasteiger partial charge in [-0.05, 0) is 46.2 Å². The smallest absolute Gasteiger partial charge is 0.328 e. The zero-order valence-electron chi connectivity index (χ0n) is 15.9. The van der Waals surface area contributed by atoms with Crippen molar-refractivity contribution in [3.05, 3.63) is 24.1 Å². The van der Waals surface area contributed by atoms with E-state index in [9.17, 15) is 9.18 Å². The van der Waals surface area contributed by atoms with Gasteiger partial charge < -0.3 is 20.3 Å². The van der Waals surface area contributed by atoms with Crippen LogP contribution in [0.3, 0.4) is 0 Å². The lowest BCUT2D eigenvalue weighted by Gasteiger charge is -2.20. The lowest BCUT2D eigenvalue weighted by atomic mass is 10.2. The number of aromatic nitrogens is 1. The van der Waals surface area contributed by atoms with Crippen LogP contribution >= 0.6 is 0 Å². The van der Waals surface area contributed by atoms with Crippen molar-refractivity contribution < 1.29 is 13.9 Å². The van der Waals surface area contributed by atoms with Crippen LogP contribution in [0.1, 0.15) is 34.1 Å². The molecular formula is C18H28FN5O2. The summed E-state index contributed by atoms with van der Waals surface area (Å²) in [6.07, 6.45) is 2.42. The zero-order chi connectivity index (χ0) is 19.2. The Morgan fingerprint density at radius 1 is 1.50 bits per heavy atom. The lowest BCUT2D eigenvalue weighted by Crippen LogP contribution is -2.45. The van der Waals surface area contributed by atoms with Gasteiger partial charge in [-0.1, -0.05) is 0 Å². The van der Waals surface area contributed by atoms with Gasteiger partial charge in [0.25, 0.3) is 0 Å². The first-order valence-corrected chi connectivity index (χ1v) is 8.90. The van der Waals surface area contributed by atoms with E-state index >= 15 is 0 Å². The molecule has 0 saturated carbocycles. The Morgan fingerprint density at radius 3 is 2.92 bits per heavy atom. The van der Waals surface area contributed by atoms with E-state index in [-0.39, 0.29) is 24.4 Å². The maximum atomic E-state index is 13.9. The minimum absolute atomic E-state index is 0.0576. The number of hydrogen-bond donors (Lipinski definition) is 2. The summed E-state index contributed by atoms with van der Waals surface area (Å²) in [4.78, 5) is 22.2. The molecule has 8 heteroatoms. The number of rotatable bonds is 5. The fourth-order valence-corrected chi connectivity index (χ4v) is 2.71. The molecule has 0 bridgehead atoms. The molecule has 1 aliphatic rings. The quantitative estimate of drug-likeness (QED) is 0.470. The normalized spacial score (nSPS) is 18.0. The van der Waals surface area contributed by atoms with Crippen molar-refractivity contribution in [1.29, 1.82) is 0 Å². The van der Waals surface area contributed by atoms with E-state index in [1.807, 2.05) is 32.6 Å². The third kappa shape index (κ3) is 6.16. The van der Waals surface area contributed by atoms with Crippen LogP contribution in [0.4, 0.5) is 10.2 Å². The maximum Gasteiger partial charge on any atom is 0.328 e. The summed E-state index contributed by atoms with van der Waals surface area (Å²) < 4.78 is 19.1. The zero-order valence-corrected chi connectivity index (χ0v) is 15.9. The van der Waals surface area contributed by atoms with Crippen molar-refractivity contribution in [1.82, 2.24) is 15.6 Å². The molecular weight excluding hydrogens is 337 g/mol. The number of anilines is 1. The summed E-state index contributed by atoms with van der Waals surface area (Å²) in [5.74, 6) is 0.219. The molecule has 7 nitrogen and oxygen atoms in total. The van der Waals surface area contributed by atoms with E-state index in [2.05, 4.69) is 20.6 Å². The molecule has 1 saturated heterocycles. The highest BCUT2D eigenvalue weighted by Crippen LogP contribution is 2.20. The Kier molecular flexibility index (Phi) is 6.76. The van der Waals surface area contributed by atoms with Gasteiger partial charge >= 0.3 is 5.97 Å². The molecule has 0 aromatic carbocycles. The van der Waals surface area contributed by atoms with E-state index < -0.39 is 5.60 Å². The lowest BCUT2D eigenvalue weighted by molar-refractivity contribution is -0.152. The number of esters is 1. The second kappa shape index (κ2) is 8.82.